The van der Waals surface area contributed by atoms with Crippen molar-refractivity contribution in [1.29, 1.82) is 0 Å². The summed E-state index contributed by atoms with van der Waals surface area (Å²) in [5.41, 5.74) is 2.19. The highest BCUT2D eigenvalue weighted by Gasteiger charge is 2.34. The van der Waals surface area contributed by atoms with E-state index in [1.54, 1.807) is 23.3 Å². The van der Waals surface area contributed by atoms with Gasteiger partial charge in [0.25, 0.3) is 5.91 Å². The lowest BCUT2D eigenvalue weighted by atomic mass is 9.93. The number of nitrogens with zero attached hydrogens (tertiary/aromatic N) is 2. The molecule has 0 aliphatic carbocycles. The van der Waals surface area contributed by atoms with E-state index in [1.807, 2.05) is 73.3 Å². The molecule has 0 bridgehead atoms. The van der Waals surface area contributed by atoms with Gasteiger partial charge < -0.3 is 19.3 Å². The van der Waals surface area contributed by atoms with Gasteiger partial charge in [-0.05, 0) is 67.1 Å². The first kappa shape index (κ1) is 23.8. The number of carbonyl (C=O) groups excluding carboxylic acids is 2. The summed E-state index contributed by atoms with van der Waals surface area (Å²) < 4.78 is 11.0. The van der Waals surface area contributed by atoms with Gasteiger partial charge in [0.05, 0.1) is 13.2 Å². The zero-order chi connectivity index (χ0) is 24.1. The summed E-state index contributed by atoms with van der Waals surface area (Å²) in [6, 6.07) is 18.9. The largest absolute Gasteiger partial charge is 0.497 e. The van der Waals surface area contributed by atoms with Crippen molar-refractivity contribution >= 4 is 23.2 Å². The zero-order valence-electron chi connectivity index (χ0n) is 19.8. The Morgan fingerprint density at radius 3 is 2.47 bits per heavy atom. The van der Waals surface area contributed by atoms with Crippen LogP contribution in [0.1, 0.15) is 35.9 Å². The zero-order valence-corrected chi connectivity index (χ0v) is 20.6. The van der Waals surface area contributed by atoms with Gasteiger partial charge in [-0.15, -0.1) is 11.3 Å². The topological polar surface area (TPSA) is 59.1 Å². The van der Waals surface area contributed by atoms with Crippen molar-refractivity contribution in [1.82, 2.24) is 9.80 Å². The van der Waals surface area contributed by atoms with Crippen LogP contribution in [0.15, 0.2) is 66.0 Å². The maximum absolute atomic E-state index is 13.6. The summed E-state index contributed by atoms with van der Waals surface area (Å²) in [5.74, 6) is 1.13. The predicted molar refractivity (Wildman–Crippen MR) is 133 cm³/mol. The van der Waals surface area contributed by atoms with E-state index >= 15 is 0 Å². The molecule has 3 aromatic rings. The van der Waals surface area contributed by atoms with Gasteiger partial charge in [0.15, 0.2) is 6.61 Å². The van der Waals surface area contributed by atoms with Crippen LogP contribution >= 0.6 is 11.3 Å². The molecule has 2 amide bonds. The molecular weight excluding hydrogens is 448 g/mol. The Morgan fingerprint density at radius 2 is 1.79 bits per heavy atom. The van der Waals surface area contributed by atoms with Crippen molar-refractivity contribution in [3.63, 3.8) is 0 Å². The smallest absolute Gasteiger partial charge is 0.261 e. The van der Waals surface area contributed by atoms with Gasteiger partial charge in [-0.1, -0.05) is 30.3 Å². The fourth-order valence-electron chi connectivity index (χ4n) is 4.27. The lowest BCUT2D eigenvalue weighted by molar-refractivity contribution is -0.144. The summed E-state index contributed by atoms with van der Waals surface area (Å²) in [4.78, 5) is 31.4. The van der Waals surface area contributed by atoms with E-state index in [1.165, 1.54) is 4.88 Å². The minimum Gasteiger partial charge on any atom is -0.497 e. The first-order chi connectivity index (χ1) is 16.5. The number of amides is 2. The van der Waals surface area contributed by atoms with E-state index in [2.05, 4.69) is 11.4 Å². The van der Waals surface area contributed by atoms with Crippen molar-refractivity contribution in [3.8, 4) is 11.5 Å². The fourth-order valence-corrected chi connectivity index (χ4v) is 5.17. The number of rotatable bonds is 8. The molecular formula is C27H30N2O4S. The molecule has 178 valence electrons. The van der Waals surface area contributed by atoms with E-state index in [0.717, 1.165) is 23.3 Å². The van der Waals surface area contributed by atoms with E-state index < -0.39 is 0 Å². The molecule has 0 saturated heterocycles. The van der Waals surface area contributed by atoms with Crippen molar-refractivity contribution < 1.29 is 19.1 Å². The summed E-state index contributed by atoms with van der Waals surface area (Å²) in [6.45, 7) is 4.36. The highest BCUT2D eigenvalue weighted by molar-refractivity contribution is 7.10. The van der Waals surface area contributed by atoms with Gasteiger partial charge in [0, 0.05) is 17.5 Å². The molecule has 1 aliphatic heterocycles. The highest BCUT2D eigenvalue weighted by atomic mass is 32.1. The average molecular weight is 479 g/mol. The van der Waals surface area contributed by atoms with Gasteiger partial charge in [0.2, 0.25) is 5.91 Å². The molecule has 0 radical (unpaired) electrons. The molecule has 0 saturated carbocycles. The molecule has 7 heteroatoms. The first-order valence-corrected chi connectivity index (χ1v) is 12.3. The second kappa shape index (κ2) is 10.7. The lowest BCUT2D eigenvalue weighted by Gasteiger charge is -2.38. The molecule has 2 aromatic carbocycles. The Kier molecular flexibility index (Phi) is 7.53. The van der Waals surface area contributed by atoms with Crippen LogP contribution in [0.5, 0.6) is 11.5 Å². The van der Waals surface area contributed by atoms with Crippen molar-refractivity contribution in [3.05, 3.63) is 82.0 Å². The molecule has 0 N–H and O–H groups in total. The number of hydrogen-bond donors (Lipinski definition) is 0. The van der Waals surface area contributed by atoms with Crippen molar-refractivity contribution in [2.45, 2.75) is 32.4 Å². The number of fused-ring (bicyclic) bond motifs is 1. The summed E-state index contributed by atoms with van der Waals surface area (Å²) in [7, 11) is 1.64. The second-order valence-corrected chi connectivity index (χ2v) is 9.53. The summed E-state index contributed by atoms with van der Waals surface area (Å²) in [5, 5.41) is 2.08. The molecule has 6 nitrogen and oxygen atoms in total. The maximum Gasteiger partial charge on any atom is 0.261 e. The Balaban J connectivity index is 1.52. The number of benzene rings is 2. The molecule has 1 aliphatic rings. The standard InChI is InChI=1S/C27H30N2O4S/c1-19(2)29(26(31)18-33-22-7-5-4-6-8-22)17-25(30)28-15-13-24-23(14-16-34-24)27(28)20-9-11-21(32-3)12-10-20/h4-12,14,16,19,27H,13,15,17-18H2,1-3H3. The molecule has 1 atom stereocenters. The minimum atomic E-state index is -0.207. The van der Waals surface area contributed by atoms with Gasteiger partial charge in [-0.2, -0.15) is 0 Å². The van der Waals surface area contributed by atoms with E-state index in [-0.39, 0.29) is 37.0 Å². The van der Waals surface area contributed by atoms with Crippen LogP contribution in [0.2, 0.25) is 0 Å². The first-order valence-electron chi connectivity index (χ1n) is 11.4. The number of thiophene rings is 1. The van der Waals surface area contributed by atoms with Gasteiger partial charge >= 0.3 is 0 Å². The highest BCUT2D eigenvalue weighted by Crippen LogP contribution is 2.38. The summed E-state index contributed by atoms with van der Waals surface area (Å²) in [6.07, 6.45) is 0.818. The number of para-hydroxylation sites is 1. The van der Waals surface area contributed by atoms with Crippen LogP contribution in [0.25, 0.3) is 0 Å². The number of ether oxygens (including phenoxy) is 2. The number of carbonyl (C=O) groups is 2. The Bertz CT molecular complexity index is 1110. The predicted octanol–water partition coefficient (Wildman–Crippen LogP) is 4.55. The van der Waals surface area contributed by atoms with Crippen LogP contribution in [-0.2, 0) is 16.0 Å². The molecule has 4 rings (SSSR count). The van der Waals surface area contributed by atoms with E-state index in [9.17, 15) is 9.59 Å². The maximum atomic E-state index is 13.6. The van der Waals surface area contributed by atoms with Gasteiger partial charge in [0.1, 0.15) is 18.0 Å². The Morgan fingerprint density at radius 1 is 1.06 bits per heavy atom. The van der Waals surface area contributed by atoms with Gasteiger partial charge in [-0.3, -0.25) is 9.59 Å². The number of hydrogen-bond acceptors (Lipinski definition) is 5. The van der Waals surface area contributed by atoms with Gasteiger partial charge in [-0.25, -0.2) is 0 Å². The third kappa shape index (κ3) is 5.25. The minimum absolute atomic E-state index is 0.0147. The monoisotopic (exact) mass is 478 g/mol. The molecule has 2 heterocycles. The SMILES string of the molecule is COc1ccc(C2c3ccsc3CCN2C(=O)CN(C(=O)COc2ccccc2)C(C)C)cc1. The van der Waals surface area contributed by atoms with Crippen LogP contribution in [0.4, 0.5) is 0 Å². The molecule has 0 spiro atoms. The van der Waals surface area contributed by atoms with Crippen molar-refractivity contribution in [2.75, 3.05) is 26.8 Å². The van der Waals surface area contributed by atoms with Crippen LogP contribution in [0.3, 0.4) is 0 Å². The third-order valence-corrected chi connectivity index (χ3v) is 7.07. The van der Waals surface area contributed by atoms with Crippen LogP contribution < -0.4 is 9.47 Å². The van der Waals surface area contributed by atoms with Crippen molar-refractivity contribution in [2.24, 2.45) is 0 Å². The quantitative estimate of drug-likeness (QED) is 0.477. The summed E-state index contributed by atoms with van der Waals surface area (Å²) >= 11 is 1.73. The van der Waals surface area contributed by atoms with E-state index in [0.29, 0.717) is 12.3 Å². The number of methoxy groups -OCH3 is 1. The Hall–Kier alpha value is -3.32. The second-order valence-electron chi connectivity index (χ2n) is 8.53. The normalized spacial score (nSPS) is 15.1. The third-order valence-electron chi connectivity index (χ3n) is 6.07. The van der Waals surface area contributed by atoms with E-state index in [4.69, 9.17) is 9.47 Å². The van der Waals surface area contributed by atoms with Crippen LogP contribution in [0, 0.1) is 0 Å². The lowest BCUT2D eigenvalue weighted by Crippen LogP contribution is -2.49. The molecule has 34 heavy (non-hydrogen) atoms. The van der Waals surface area contributed by atoms with Crippen LogP contribution in [-0.4, -0.2) is 54.5 Å². The molecule has 0 fully saturated rings. The molecule has 1 unspecified atom stereocenters. The Labute approximate surface area is 204 Å². The average Bonchev–Trinajstić information content (AvgIpc) is 3.34. The fraction of sp³-hybridized carbons (Fsp3) is 0.333. The molecule has 1 aromatic heterocycles.